The molecule has 5 heteroatoms. The van der Waals surface area contributed by atoms with Gasteiger partial charge in [0, 0.05) is 22.5 Å². The number of amides is 2. The van der Waals surface area contributed by atoms with Gasteiger partial charge in [-0.3, -0.25) is 9.59 Å². The maximum Gasteiger partial charge on any atom is 0.251 e. The topological polar surface area (TPSA) is 58.2 Å². The van der Waals surface area contributed by atoms with Crippen LogP contribution in [0.25, 0.3) is 0 Å². The van der Waals surface area contributed by atoms with E-state index in [1.54, 1.807) is 18.2 Å². The third kappa shape index (κ3) is 5.54. The summed E-state index contributed by atoms with van der Waals surface area (Å²) in [5, 5.41) is 5.59. The molecule has 0 saturated heterocycles. The van der Waals surface area contributed by atoms with Crippen molar-refractivity contribution in [3.63, 3.8) is 0 Å². The number of hydrogen-bond acceptors (Lipinski definition) is 2. The molecular formula is C23H21BrN2O2. The molecule has 0 aliphatic carbocycles. The standard InChI is InChI=1S/C23H21BrN2O2/c24-20-13-7-12-19(14-20)23(28)26-16-22(27)25-15-21(17-8-3-1-4-9-17)18-10-5-2-6-11-18/h1-14,21H,15-16H2,(H,25,27)(H,26,28). The minimum Gasteiger partial charge on any atom is -0.354 e. The summed E-state index contributed by atoms with van der Waals surface area (Å²) in [7, 11) is 0. The number of nitrogens with one attached hydrogen (secondary N) is 2. The van der Waals surface area contributed by atoms with E-state index in [9.17, 15) is 9.59 Å². The first-order chi connectivity index (χ1) is 13.6. The molecule has 3 rings (SSSR count). The van der Waals surface area contributed by atoms with Crippen LogP contribution in [-0.4, -0.2) is 24.9 Å². The third-order valence-electron chi connectivity index (χ3n) is 4.40. The molecule has 0 radical (unpaired) electrons. The minimum absolute atomic E-state index is 0.0483. The Balaban J connectivity index is 1.59. The fraction of sp³-hybridized carbons (Fsp3) is 0.130. The Morgan fingerprint density at radius 1 is 0.786 bits per heavy atom. The molecular weight excluding hydrogens is 416 g/mol. The normalized spacial score (nSPS) is 10.5. The maximum atomic E-state index is 12.3. The van der Waals surface area contributed by atoms with Gasteiger partial charge in [0.15, 0.2) is 0 Å². The second-order valence-electron chi connectivity index (χ2n) is 6.37. The number of carbonyl (C=O) groups is 2. The Labute approximate surface area is 173 Å². The minimum atomic E-state index is -0.279. The number of rotatable bonds is 7. The Morgan fingerprint density at radius 3 is 1.96 bits per heavy atom. The molecule has 28 heavy (non-hydrogen) atoms. The van der Waals surface area contributed by atoms with Crippen LogP contribution in [0, 0.1) is 0 Å². The van der Waals surface area contributed by atoms with E-state index in [1.165, 1.54) is 0 Å². The lowest BCUT2D eigenvalue weighted by molar-refractivity contribution is -0.120. The third-order valence-corrected chi connectivity index (χ3v) is 4.90. The molecule has 142 valence electrons. The number of halogens is 1. The van der Waals surface area contributed by atoms with Crippen molar-refractivity contribution in [2.24, 2.45) is 0 Å². The van der Waals surface area contributed by atoms with Crippen LogP contribution in [0.15, 0.2) is 89.4 Å². The highest BCUT2D eigenvalue weighted by atomic mass is 79.9. The zero-order valence-electron chi connectivity index (χ0n) is 15.3. The van der Waals surface area contributed by atoms with Gasteiger partial charge in [0.05, 0.1) is 6.54 Å². The van der Waals surface area contributed by atoms with Crippen molar-refractivity contribution in [3.8, 4) is 0 Å². The molecule has 0 heterocycles. The predicted octanol–water partition coefficient (Wildman–Crippen LogP) is 4.13. The zero-order chi connectivity index (χ0) is 19.8. The molecule has 0 spiro atoms. The van der Waals surface area contributed by atoms with Crippen molar-refractivity contribution in [1.82, 2.24) is 10.6 Å². The van der Waals surface area contributed by atoms with Crippen LogP contribution in [-0.2, 0) is 4.79 Å². The van der Waals surface area contributed by atoms with Crippen LogP contribution in [0.2, 0.25) is 0 Å². The fourth-order valence-corrected chi connectivity index (χ4v) is 3.37. The quantitative estimate of drug-likeness (QED) is 0.584. The summed E-state index contributed by atoms with van der Waals surface area (Å²) >= 11 is 3.34. The first kappa shape index (κ1) is 19.8. The number of benzene rings is 3. The van der Waals surface area contributed by atoms with Crippen LogP contribution < -0.4 is 10.6 Å². The number of carbonyl (C=O) groups excluding carboxylic acids is 2. The first-order valence-electron chi connectivity index (χ1n) is 9.04. The van der Waals surface area contributed by atoms with E-state index in [0.29, 0.717) is 12.1 Å². The molecule has 0 bridgehead atoms. The highest BCUT2D eigenvalue weighted by molar-refractivity contribution is 9.10. The highest BCUT2D eigenvalue weighted by Crippen LogP contribution is 2.23. The molecule has 3 aromatic carbocycles. The predicted molar refractivity (Wildman–Crippen MR) is 114 cm³/mol. The van der Waals surface area contributed by atoms with Gasteiger partial charge in [-0.2, -0.15) is 0 Å². The van der Waals surface area contributed by atoms with Gasteiger partial charge < -0.3 is 10.6 Å². The SMILES string of the molecule is O=C(CNC(=O)c1cccc(Br)c1)NCC(c1ccccc1)c1ccccc1. The lowest BCUT2D eigenvalue weighted by Gasteiger charge is -2.19. The average molecular weight is 437 g/mol. The average Bonchev–Trinajstić information content (AvgIpc) is 2.73. The van der Waals surface area contributed by atoms with Gasteiger partial charge in [0.2, 0.25) is 5.91 Å². The second kappa shape index (κ2) is 9.85. The van der Waals surface area contributed by atoms with E-state index < -0.39 is 0 Å². The molecule has 2 amide bonds. The summed E-state index contributed by atoms with van der Waals surface area (Å²) in [6, 6.07) is 27.2. The van der Waals surface area contributed by atoms with E-state index in [-0.39, 0.29) is 24.3 Å². The summed E-state index contributed by atoms with van der Waals surface area (Å²) in [6.45, 7) is 0.390. The van der Waals surface area contributed by atoms with E-state index in [1.807, 2.05) is 42.5 Å². The van der Waals surface area contributed by atoms with Gasteiger partial charge in [-0.25, -0.2) is 0 Å². The molecule has 0 aliphatic rings. The van der Waals surface area contributed by atoms with Gasteiger partial charge in [-0.05, 0) is 29.3 Å². The van der Waals surface area contributed by atoms with Gasteiger partial charge in [0.25, 0.3) is 5.91 Å². The lowest BCUT2D eigenvalue weighted by Crippen LogP contribution is -2.38. The van der Waals surface area contributed by atoms with Crippen molar-refractivity contribution >= 4 is 27.7 Å². The fourth-order valence-electron chi connectivity index (χ4n) is 2.97. The Hall–Kier alpha value is -2.92. The van der Waals surface area contributed by atoms with Gasteiger partial charge in [0.1, 0.15) is 0 Å². The summed E-state index contributed by atoms with van der Waals surface area (Å²) in [5.74, 6) is -0.452. The molecule has 0 atom stereocenters. The van der Waals surface area contributed by atoms with Gasteiger partial charge in [-0.1, -0.05) is 82.7 Å². The molecule has 2 N–H and O–H groups in total. The van der Waals surface area contributed by atoms with Crippen molar-refractivity contribution in [3.05, 3.63) is 106 Å². The Bertz CT molecular complexity index is 890. The van der Waals surface area contributed by atoms with Crippen molar-refractivity contribution in [1.29, 1.82) is 0 Å². The van der Waals surface area contributed by atoms with E-state index in [2.05, 4.69) is 50.8 Å². The van der Waals surface area contributed by atoms with Gasteiger partial charge >= 0.3 is 0 Å². The van der Waals surface area contributed by atoms with Crippen LogP contribution in [0.1, 0.15) is 27.4 Å². The molecule has 0 aliphatic heterocycles. The van der Waals surface area contributed by atoms with Crippen molar-refractivity contribution in [2.75, 3.05) is 13.1 Å². The Morgan fingerprint density at radius 2 is 1.39 bits per heavy atom. The van der Waals surface area contributed by atoms with Crippen LogP contribution in [0.3, 0.4) is 0 Å². The largest absolute Gasteiger partial charge is 0.354 e. The monoisotopic (exact) mass is 436 g/mol. The second-order valence-corrected chi connectivity index (χ2v) is 7.29. The van der Waals surface area contributed by atoms with E-state index in [4.69, 9.17) is 0 Å². The van der Waals surface area contributed by atoms with E-state index in [0.717, 1.165) is 15.6 Å². The van der Waals surface area contributed by atoms with E-state index >= 15 is 0 Å². The molecule has 4 nitrogen and oxygen atoms in total. The Kier molecular flexibility index (Phi) is 6.98. The molecule has 0 unspecified atom stereocenters. The summed E-state index contributed by atoms with van der Waals surface area (Å²) in [4.78, 5) is 24.4. The molecule has 0 saturated carbocycles. The summed E-state index contributed by atoms with van der Waals surface area (Å²) in [5.41, 5.74) is 2.77. The lowest BCUT2D eigenvalue weighted by atomic mass is 9.91. The summed E-state index contributed by atoms with van der Waals surface area (Å²) in [6.07, 6.45) is 0. The molecule has 0 fully saturated rings. The number of hydrogen-bond donors (Lipinski definition) is 2. The highest BCUT2D eigenvalue weighted by Gasteiger charge is 2.15. The maximum absolute atomic E-state index is 12.3. The first-order valence-corrected chi connectivity index (χ1v) is 9.83. The summed E-state index contributed by atoms with van der Waals surface area (Å²) < 4.78 is 0.818. The molecule has 3 aromatic rings. The van der Waals surface area contributed by atoms with Crippen LogP contribution >= 0.6 is 15.9 Å². The van der Waals surface area contributed by atoms with Crippen molar-refractivity contribution in [2.45, 2.75) is 5.92 Å². The molecule has 0 aromatic heterocycles. The van der Waals surface area contributed by atoms with Crippen molar-refractivity contribution < 1.29 is 9.59 Å². The zero-order valence-corrected chi connectivity index (χ0v) is 16.9. The van der Waals surface area contributed by atoms with Crippen LogP contribution in [0.4, 0.5) is 0 Å². The smallest absolute Gasteiger partial charge is 0.251 e. The van der Waals surface area contributed by atoms with Gasteiger partial charge in [-0.15, -0.1) is 0 Å². The van der Waals surface area contributed by atoms with Crippen LogP contribution in [0.5, 0.6) is 0 Å².